The van der Waals surface area contributed by atoms with E-state index in [4.69, 9.17) is 4.74 Å². The smallest absolute Gasteiger partial charge is 0.222 e. The van der Waals surface area contributed by atoms with Crippen molar-refractivity contribution in [2.45, 2.75) is 38.6 Å². The second-order valence-corrected chi connectivity index (χ2v) is 5.99. The fourth-order valence-corrected chi connectivity index (χ4v) is 2.81. The summed E-state index contributed by atoms with van der Waals surface area (Å²) in [5.74, 6) is 2.17. The molecule has 0 spiro atoms. The lowest BCUT2D eigenvalue weighted by atomic mass is 9.87. The van der Waals surface area contributed by atoms with Crippen LogP contribution < -0.4 is 10.1 Å². The highest BCUT2D eigenvalue weighted by Crippen LogP contribution is 2.25. The van der Waals surface area contributed by atoms with Gasteiger partial charge >= 0.3 is 0 Å². The van der Waals surface area contributed by atoms with Crippen molar-refractivity contribution in [3.05, 3.63) is 30.7 Å². The number of nitrogens with zero attached hydrogens (tertiary/aromatic N) is 3. The summed E-state index contributed by atoms with van der Waals surface area (Å²) in [6, 6.07) is 4.30. The third-order valence-electron chi connectivity index (χ3n) is 4.28. The van der Waals surface area contributed by atoms with Crippen LogP contribution in [-0.2, 0) is 0 Å². The van der Waals surface area contributed by atoms with Gasteiger partial charge in [0, 0.05) is 41.8 Å². The Hall–Kier alpha value is -2.17. The molecule has 1 fully saturated rings. The zero-order chi connectivity index (χ0) is 15.4. The van der Waals surface area contributed by atoms with Gasteiger partial charge in [-0.15, -0.1) is 0 Å². The standard InChI is InChI=1S/C17H22N4O/c1-12-3-6-15(7-4-12)21-17-19-10-14(11-20-17)13-5-8-16(22-2)18-9-13/h5,8-12,15H,3-4,6-7H2,1-2H3,(H,19,20,21). The molecule has 22 heavy (non-hydrogen) atoms. The van der Waals surface area contributed by atoms with E-state index in [1.54, 1.807) is 13.3 Å². The van der Waals surface area contributed by atoms with Crippen LogP contribution in [0.4, 0.5) is 5.95 Å². The van der Waals surface area contributed by atoms with Crippen LogP contribution >= 0.6 is 0 Å². The molecular weight excluding hydrogens is 276 g/mol. The molecule has 1 aliphatic rings. The summed E-state index contributed by atoms with van der Waals surface area (Å²) in [5.41, 5.74) is 1.94. The third-order valence-corrected chi connectivity index (χ3v) is 4.28. The Morgan fingerprint density at radius 2 is 1.64 bits per heavy atom. The van der Waals surface area contributed by atoms with Crippen molar-refractivity contribution >= 4 is 5.95 Å². The Kier molecular flexibility index (Phi) is 4.51. The van der Waals surface area contributed by atoms with Crippen LogP contribution in [0, 0.1) is 5.92 Å². The minimum absolute atomic E-state index is 0.504. The number of pyridine rings is 1. The van der Waals surface area contributed by atoms with E-state index >= 15 is 0 Å². The van der Waals surface area contributed by atoms with Crippen molar-refractivity contribution in [1.29, 1.82) is 0 Å². The molecule has 1 aliphatic carbocycles. The van der Waals surface area contributed by atoms with Gasteiger partial charge in [-0.2, -0.15) is 0 Å². The van der Waals surface area contributed by atoms with Crippen LogP contribution in [-0.4, -0.2) is 28.1 Å². The first kappa shape index (κ1) is 14.8. The monoisotopic (exact) mass is 298 g/mol. The molecule has 0 radical (unpaired) electrons. The number of aromatic nitrogens is 3. The maximum Gasteiger partial charge on any atom is 0.222 e. The van der Waals surface area contributed by atoms with Gasteiger partial charge in [0.1, 0.15) is 0 Å². The Morgan fingerprint density at radius 3 is 2.23 bits per heavy atom. The number of ether oxygens (including phenoxy) is 1. The molecule has 0 saturated heterocycles. The molecule has 3 rings (SSSR count). The first-order valence-corrected chi connectivity index (χ1v) is 7.83. The van der Waals surface area contributed by atoms with Crippen molar-refractivity contribution in [2.75, 3.05) is 12.4 Å². The number of rotatable bonds is 4. The van der Waals surface area contributed by atoms with Crippen molar-refractivity contribution < 1.29 is 4.74 Å². The molecule has 1 saturated carbocycles. The summed E-state index contributed by atoms with van der Waals surface area (Å²) in [6.45, 7) is 2.32. The molecule has 5 heteroatoms. The second-order valence-electron chi connectivity index (χ2n) is 5.99. The maximum atomic E-state index is 5.06. The quantitative estimate of drug-likeness (QED) is 0.935. The fraction of sp³-hybridized carbons (Fsp3) is 0.471. The fourth-order valence-electron chi connectivity index (χ4n) is 2.81. The lowest BCUT2D eigenvalue weighted by Crippen LogP contribution is -2.26. The van der Waals surface area contributed by atoms with Gasteiger partial charge < -0.3 is 10.1 Å². The van der Waals surface area contributed by atoms with Crippen LogP contribution in [0.3, 0.4) is 0 Å². The number of hydrogen-bond acceptors (Lipinski definition) is 5. The van der Waals surface area contributed by atoms with Crippen molar-refractivity contribution in [2.24, 2.45) is 5.92 Å². The molecule has 1 N–H and O–H groups in total. The predicted octanol–water partition coefficient (Wildman–Crippen LogP) is 3.54. The second kappa shape index (κ2) is 6.73. The van der Waals surface area contributed by atoms with E-state index in [-0.39, 0.29) is 0 Å². The van der Waals surface area contributed by atoms with E-state index < -0.39 is 0 Å². The summed E-state index contributed by atoms with van der Waals surface area (Å²) >= 11 is 0. The average Bonchev–Trinajstić information content (AvgIpc) is 2.58. The minimum atomic E-state index is 0.504. The Morgan fingerprint density at radius 1 is 0.955 bits per heavy atom. The van der Waals surface area contributed by atoms with Crippen LogP contribution in [0.15, 0.2) is 30.7 Å². The first-order valence-electron chi connectivity index (χ1n) is 7.83. The van der Waals surface area contributed by atoms with Crippen LogP contribution in [0.1, 0.15) is 32.6 Å². The molecule has 116 valence electrons. The predicted molar refractivity (Wildman–Crippen MR) is 86.9 cm³/mol. The van der Waals surface area contributed by atoms with Crippen molar-refractivity contribution in [3.63, 3.8) is 0 Å². The molecule has 0 atom stereocenters. The summed E-state index contributed by atoms with van der Waals surface area (Å²) in [7, 11) is 1.61. The van der Waals surface area contributed by atoms with Gasteiger partial charge in [-0.3, -0.25) is 0 Å². The zero-order valence-corrected chi connectivity index (χ0v) is 13.1. The Bertz CT molecular complexity index is 589. The highest BCUT2D eigenvalue weighted by Gasteiger charge is 2.18. The van der Waals surface area contributed by atoms with Crippen LogP contribution in [0.25, 0.3) is 11.1 Å². The normalized spacial score (nSPS) is 21.4. The van der Waals surface area contributed by atoms with Gasteiger partial charge in [-0.1, -0.05) is 6.92 Å². The molecule has 0 aliphatic heterocycles. The van der Waals surface area contributed by atoms with E-state index in [9.17, 15) is 0 Å². The lowest BCUT2D eigenvalue weighted by molar-refractivity contribution is 0.360. The van der Waals surface area contributed by atoms with Gasteiger partial charge in [-0.05, 0) is 37.7 Å². The van der Waals surface area contributed by atoms with Gasteiger partial charge in [0.2, 0.25) is 11.8 Å². The number of anilines is 1. The summed E-state index contributed by atoms with van der Waals surface area (Å²) < 4.78 is 5.06. The minimum Gasteiger partial charge on any atom is -0.481 e. The molecule has 2 heterocycles. The highest BCUT2D eigenvalue weighted by molar-refractivity contribution is 5.61. The molecule has 2 aromatic rings. The first-order chi connectivity index (χ1) is 10.7. The van der Waals surface area contributed by atoms with Crippen LogP contribution in [0.5, 0.6) is 5.88 Å². The topological polar surface area (TPSA) is 59.9 Å². The van der Waals surface area contributed by atoms with Crippen LogP contribution in [0.2, 0.25) is 0 Å². The lowest BCUT2D eigenvalue weighted by Gasteiger charge is -2.26. The van der Waals surface area contributed by atoms with E-state index in [2.05, 4.69) is 27.2 Å². The van der Waals surface area contributed by atoms with E-state index in [0.717, 1.165) is 17.0 Å². The van der Waals surface area contributed by atoms with Gasteiger partial charge in [-0.25, -0.2) is 15.0 Å². The number of nitrogens with one attached hydrogen (secondary N) is 1. The summed E-state index contributed by atoms with van der Waals surface area (Å²) in [5, 5.41) is 3.44. The molecule has 0 aromatic carbocycles. The van der Waals surface area contributed by atoms with Crippen molar-refractivity contribution in [3.8, 4) is 17.0 Å². The molecule has 5 nitrogen and oxygen atoms in total. The average molecular weight is 298 g/mol. The summed E-state index contributed by atoms with van der Waals surface area (Å²) in [4.78, 5) is 13.1. The molecular formula is C17H22N4O. The summed E-state index contributed by atoms with van der Waals surface area (Å²) in [6.07, 6.45) is 10.4. The third kappa shape index (κ3) is 3.53. The van der Waals surface area contributed by atoms with E-state index in [1.807, 2.05) is 24.5 Å². The SMILES string of the molecule is COc1ccc(-c2cnc(NC3CCC(C)CC3)nc2)cn1. The molecule has 0 unspecified atom stereocenters. The van der Waals surface area contributed by atoms with Gasteiger partial charge in [0.25, 0.3) is 0 Å². The highest BCUT2D eigenvalue weighted by atomic mass is 16.5. The maximum absolute atomic E-state index is 5.06. The molecule has 0 amide bonds. The van der Waals surface area contributed by atoms with E-state index in [1.165, 1.54) is 25.7 Å². The van der Waals surface area contributed by atoms with E-state index in [0.29, 0.717) is 17.9 Å². The van der Waals surface area contributed by atoms with Gasteiger partial charge in [0.15, 0.2) is 0 Å². The Balaban J connectivity index is 1.64. The Labute approximate surface area is 131 Å². The van der Waals surface area contributed by atoms with Crippen molar-refractivity contribution in [1.82, 2.24) is 15.0 Å². The molecule has 0 bridgehead atoms. The molecule has 2 aromatic heterocycles. The zero-order valence-electron chi connectivity index (χ0n) is 13.1. The van der Waals surface area contributed by atoms with Gasteiger partial charge in [0.05, 0.1) is 7.11 Å². The number of methoxy groups -OCH3 is 1. The number of hydrogen-bond donors (Lipinski definition) is 1. The largest absolute Gasteiger partial charge is 0.481 e.